The molecule has 2 aliphatic heterocycles. The van der Waals surface area contributed by atoms with Gasteiger partial charge in [-0.2, -0.15) is 15.8 Å². The molecule has 11 rings (SSSR count). The van der Waals surface area contributed by atoms with Gasteiger partial charge in [-0.05, 0) is 107 Å². The zero-order valence-corrected chi connectivity index (χ0v) is 53.3. The predicted molar refractivity (Wildman–Crippen MR) is 351 cm³/mol. The molecule has 0 radical (unpaired) electrons. The highest BCUT2D eigenvalue weighted by molar-refractivity contribution is 6.00. The number of hydrogen-bond acceptors (Lipinski definition) is 16. The zero-order chi connectivity index (χ0) is 65.6. The summed E-state index contributed by atoms with van der Waals surface area (Å²) in [5.41, 5.74) is 3.68. The van der Waals surface area contributed by atoms with Crippen LogP contribution in [0.5, 0.6) is 17.2 Å². The summed E-state index contributed by atoms with van der Waals surface area (Å²) in [6.07, 6.45) is 10.1. The number of amides is 6. The number of H-pyrrole nitrogens is 3. The summed E-state index contributed by atoms with van der Waals surface area (Å²) in [4.78, 5) is 94.4. The maximum atomic E-state index is 13.0. The minimum Gasteiger partial charge on any atom is -0.508 e. The molecule has 494 valence electrons. The van der Waals surface area contributed by atoms with E-state index in [9.17, 15) is 33.9 Å². The highest BCUT2D eigenvalue weighted by Crippen LogP contribution is 2.30. The minimum absolute atomic E-state index is 0.0161. The molecular weight excluding hydrogens is 1180 g/mol. The first-order valence-corrected chi connectivity index (χ1v) is 32.7. The van der Waals surface area contributed by atoms with E-state index in [1.54, 1.807) is 24.3 Å². The number of aromatic amines is 3. The lowest BCUT2D eigenvalue weighted by Crippen LogP contribution is -2.48. The summed E-state index contributed by atoms with van der Waals surface area (Å²) >= 11 is 0. The number of carbonyl (C=O) groups excluding carboxylic acids is 6. The van der Waals surface area contributed by atoms with Crippen molar-refractivity contribution in [3.8, 4) is 35.5 Å². The Morgan fingerprint density at radius 2 is 0.785 bits per heavy atom. The van der Waals surface area contributed by atoms with Crippen molar-refractivity contribution in [2.75, 3.05) is 112 Å². The third-order valence-corrected chi connectivity index (χ3v) is 18.4. The van der Waals surface area contributed by atoms with Crippen molar-refractivity contribution in [1.29, 1.82) is 15.8 Å². The summed E-state index contributed by atoms with van der Waals surface area (Å²) in [7, 11) is 4.30. The molecule has 3 saturated carbocycles. The Morgan fingerprint density at radius 3 is 1.13 bits per heavy atom. The third-order valence-electron chi connectivity index (χ3n) is 18.4. The maximum Gasteiger partial charge on any atom is 0.267 e. The average Bonchev–Trinajstić information content (AvgIpc) is 1.77. The second kappa shape index (κ2) is 33.9. The molecule has 0 bridgehead atoms. The molecule has 3 aliphatic carbocycles. The predicted octanol–water partition coefficient (Wildman–Crippen LogP) is 5.25. The van der Waals surface area contributed by atoms with Crippen molar-refractivity contribution in [3.05, 3.63) is 89.9 Å². The standard InChI is InChI=1S/2C25H34N6O3.C18H20N4O3/c2*1-30-10-12-31(13-11-30)14-15-34-19-7-6-18-16-23(28-22(18)17-19)25(33)29-21-5-3-2-4-20(21)24(32)27-9-8-26;19-7-8-20-17(24)13-3-1-2-4-14(13)22-18(25)16-9-11-5-6-12(23)10-15(11)21-16/h2*6-7,16-17,20-21,28H,2-5,9-15H2,1H3,(H,27,32)(H,29,33);5-6,9-10,13-14,21,23H,1-4,8H2,(H,20,24)(H,22,25)/t2*20-,21+;13-,14+/m111/s1. The number of carbonyl (C=O) groups is 6. The van der Waals surface area contributed by atoms with E-state index in [4.69, 9.17) is 25.3 Å². The fourth-order valence-electron chi connectivity index (χ4n) is 13.0. The van der Waals surface area contributed by atoms with Crippen molar-refractivity contribution in [2.24, 2.45) is 17.8 Å². The molecule has 25 nitrogen and oxygen atoms in total. The van der Waals surface area contributed by atoms with Gasteiger partial charge < -0.3 is 71.2 Å². The Bertz CT molecular complexity index is 3490. The van der Waals surface area contributed by atoms with Crippen LogP contribution in [0.15, 0.2) is 72.8 Å². The van der Waals surface area contributed by atoms with Crippen LogP contribution in [-0.2, 0) is 14.4 Å². The number of benzene rings is 3. The number of likely N-dealkylation sites (N-methyl/N-ethyl adjacent to an activating group) is 2. The Labute approximate surface area is 542 Å². The van der Waals surface area contributed by atoms with Crippen molar-refractivity contribution >= 4 is 68.2 Å². The Morgan fingerprint density at radius 1 is 0.462 bits per heavy atom. The molecule has 2 saturated heterocycles. The van der Waals surface area contributed by atoms with Crippen LogP contribution < -0.4 is 41.4 Å². The number of fused-ring (bicyclic) bond motifs is 3. The Hall–Kier alpha value is -9.19. The van der Waals surface area contributed by atoms with Gasteiger partial charge in [0, 0.05) is 134 Å². The van der Waals surface area contributed by atoms with E-state index in [-0.39, 0.29) is 96.7 Å². The molecule has 0 unspecified atom stereocenters. The smallest absolute Gasteiger partial charge is 0.267 e. The molecule has 5 heterocycles. The highest BCUT2D eigenvalue weighted by atomic mass is 16.5. The van der Waals surface area contributed by atoms with E-state index in [0.717, 1.165) is 162 Å². The van der Waals surface area contributed by atoms with Crippen LogP contribution in [-0.4, -0.2) is 206 Å². The monoisotopic (exact) mass is 1270 g/mol. The van der Waals surface area contributed by atoms with Gasteiger partial charge in [-0.15, -0.1) is 0 Å². The topological polar surface area (TPSA) is 345 Å². The van der Waals surface area contributed by atoms with Crippen molar-refractivity contribution in [1.82, 2.24) is 66.5 Å². The van der Waals surface area contributed by atoms with Gasteiger partial charge in [0.15, 0.2) is 0 Å². The first-order valence-electron chi connectivity index (χ1n) is 32.7. The average molecular weight is 1270 g/mol. The fourth-order valence-corrected chi connectivity index (χ4v) is 13.0. The van der Waals surface area contributed by atoms with E-state index in [1.165, 1.54) is 0 Å². The number of nitrogens with one attached hydrogen (secondary N) is 9. The van der Waals surface area contributed by atoms with Crippen molar-refractivity contribution in [2.45, 2.75) is 95.2 Å². The van der Waals surface area contributed by atoms with Crippen LogP contribution >= 0.6 is 0 Å². The number of piperazine rings is 2. The largest absolute Gasteiger partial charge is 0.508 e. The van der Waals surface area contributed by atoms with Gasteiger partial charge in [0.05, 0.1) is 36.0 Å². The van der Waals surface area contributed by atoms with E-state index < -0.39 is 0 Å². The first-order chi connectivity index (χ1) is 45.1. The molecule has 0 spiro atoms. The molecule has 10 N–H and O–H groups in total. The molecule has 6 amide bonds. The van der Waals surface area contributed by atoms with Crippen LogP contribution in [0, 0.1) is 51.7 Å². The van der Waals surface area contributed by atoms with Crippen molar-refractivity contribution in [3.63, 3.8) is 0 Å². The number of aromatic nitrogens is 3. The summed E-state index contributed by atoms with van der Waals surface area (Å²) in [6, 6.07) is 26.9. The van der Waals surface area contributed by atoms with Gasteiger partial charge in [0.1, 0.15) is 67.2 Å². The van der Waals surface area contributed by atoms with E-state index in [2.05, 4.69) is 80.5 Å². The third kappa shape index (κ3) is 19.4. The highest BCUT2D eigenvalue weighted by Gasteiger charge is 2.35. The SMILES string of the molecule is CN1CCN(CCOc2ccc3cc(C(=O)N[C@H]4CCCC[C@H]4C(=O)NCC#N)[nH]c3c2)CC1.CN1CCN(CCOc2ccc3cc(C(=O)N[C@H]4CCCC[C@H]4C(=O)NCC#N)[nH]c3c2)CC1.N#CCNC(=O)[C@@H]1CCCC[C@@H]1NC(=O)c1cc2ccc(O)cc2[nH]1. The molecule has 3 aromatic carbocycles. The normalized spacial score (nSPS) is 21.2. The maximum absolute atomic E-state index is 13.0. The lowest BCUT2D eigenvalue weighted by Gasteiger charge is -2.32. The quantitative estimate of drug-likeness (QED) is 0.0437. The van der Waals surface area contributed by atoms with Gasteiger partial charge in [0.25, 0.3) is 17.7 Å². The number of rotatable bonds is 20. The molecule has 6 aromatic rings. The number of ether oxygens (including phenoxy) is 2. The van der Waals surface area contributed by atoms with Crippen LogP contribution in [0.25, 0.3) is 32.7 Å². The van der Waals surface area contributed by atoms with Crippen LogP contribution in [0.2, 0.25) is 0 Å². The minimum atomic E-state index is -0.320. The molecule has 3 aromatic heterocycles. The van der Waals surface area contributed by atoms with Crippen LogP contribution in [0.1, 0.15) is 109 Å². The number of nitriles is 3. The molecule has 93 heavy (non-hydrogen) atoms. The summed E-state index contributed by atoms with van der Waals surface area (Å²) in [6.45, 7) is 11.6. The van der Waals surface area contributed by atoms with Crippen LogP contribution in [0.4, 0.5) is 0 Å². The van der Waals surface area contributed by atoms with Gasteiger partial charge in [-0.25, -0.2) is 0 Å². The second-order valence-corrected chi connectivity index (χ2v) is 24.8. The molecule has 6 atom stereocenters. The van der Waals surface area contributed by atoms with Gasteiger partial charge in [-0.3, -0.25) is 38.6 Å². The van der Waals surface area contributed by atoms with Crippen LogP contribution in [0.3, 0.4) is 0 Å². The van der Waals surface area contributed by atoms with E-state index in [0.29, 0.717) is 55.1 Å². The number of phenolic OH excluding ortho intramolecular Hbond substituents is 1. The van der Waals surface area contributed by atoms with Crippen molar-refractivity contribution < 1.29 is 43.3 Å². The first kappa shape index (κ1) is 68.2. The molecule has 5 aliphatic rings. The number of aromatic hydroxyl groups is 1. The molecule has 25 heteroatoms. The molecular formula is C68H88N16O9. The molecule has 5 fully saturated rings. The Balaban J connectivity index is 0.000000167. The lowest BCUT2D eigenvalue weighted by atomic mass is 9.83. The van der Waals surface area contributed by atoms with Gasteiger partial charge in [0.2, 0.25) is 17.7 Å². The number of hydrogen-bond donors (Lipinski definition) is 10. The zero-order valence-electron chi connectivity index (χ0n) is 53.3. The lowest BCUT2D eigenvalue weighted by molar-refractivity contribution is -0.127. The van der Waals surface area contributed by atoms with E-state index in [1.807, 2.05) is 66.7 Å². The van der Waals surface area contributed by atoms with Gasteiger partial charge in [-0.1, -0.05) is 38.5 Å². The number of nitrogens with zero attached hydrogens (tertiary/aromatic N) is 7. The van der Waals surface area contributed by atoms with E-state index >= 15 is 0 Å². The number of phenols is 1. The summed E-state index contributed by atoms with van der Waals surface area (Å²) in [5.74, 6) is -0.503. The summed E-state index contributed by atoms with van der Waals surface area (Å²) < 4.78 is 11.9. The second-order valence-electron chi connectivity index (χ2n) is 24.8. The fraction of sp³-hybridized carbons (Fsp3) is 0.515. The Kier molecular flexibility index (Phi) is 24.9. The summed E-state index contributed by atoms with van der Waals surface area (Å²) in [5, 5.41) is 55.1. The van der Waals surface area contributed by atoms with Gasteiger partial charge >= 0.3 is 0 Å².